The van der Waals surface area contributed by atoms with Crippen LogP contribution in [0.1, 0.15) is 48.3 Å². The molecule has 1 N–H and O–H groups in total. The van der Waals surface area contributed by atoms with E-state index in [1.54, 1.807) is 18.2 Å². The number of pyridine rings is 1. The van der Waals surface area contributed by atoms with Crippen LogP contribution in [0.3, 0.4) is 0 Å². The third-order valence-electron chi connectivity index (χ3n) is 3.41. The molecule has 4 nitrogen and oxygen atoms in total. The first-order valence-electron chi connectivity index (χ1n) is 6.45. The zero-order valence-corrected chi connectivity index (χ0v) is 10.4. The minimum absolute atomic E-state index is 0.190. The molecule has 1 aromatic heterocycles. The molecule has 1 aliphatic carbocycles. The summed E-state index contributed by atoms with van der Waals surface area (Å²) in [5, 5.41) is 11.6. The fraction of sp³-hybridized carbons (Fsp3) is 0.500. The number of carbonyl (C=O) groups excluding carboxylic acids is 1. The van der Waals surface area contributed by atoms with Crippen LogP contribution in [0.5, 0.6) is 0 Å². The van der Waals surface area contributed by atoms with Crippen molar-refractivity contribution in [3.05, 3.63) is 29.6 Å². The van der Waals surface area contributed by atoms with Gasteiger partial charge in [-0.05, 0) is 24.5 Å². The standard InChI is InChI=1S/C14H17N3O/c15-10-12-6-3-7-13(17-12)14(18)16-9-8-11-4-1-2-5-11/h3,6-7,11H,1-2,4-5,8-9H2,(H,16,18). The van der Waals surface area contributed by atoms with E-state index in [9.17, 15) is 4.79 Å². The zero-order chi connectivity index (χ0) is 12.8. The van der Waals surface area contributed by atoms with E-state index in [0.29, 0.717) is 12.2 Å². The summed E-state index contributed by atoms with van der Waals surface area (Å²) in [7, 11) is 0. The first-order chi connectivity index (χ1) is 8.79. The lowest BCUT2D eigenvalue weighted by Crippen LogP contribution is -2.26. The number of hydrogen-bond acceptors (Lipinski definition) is 3. The molecule has 4 heteroatoms. The molecule has 0 aliphatic heterocycles. The molecule has 0 bridgehead atoms. The van der Waals surface area contributed by atoms with E-state index in [1.165, 1.54) is 25.7 Å². The Morgan fingerprint density at radius 2 is 2.22 bits per heavy atom. The normalized spacial score (nSPS) is 15.3. The summed E-state index contributed by atoms with van der Waals surface area (Å²) in [4.78, 5) is 15.8. The number of nitrogens with zero attached hydrogens (tertiary/aromatic N) is 2. The van der Waals surface area contributed by atoms with Gasteiger partial charge in [-0.2, -0.15) is 5.26 Å². The first-order valence-corrected chi connectivity index (χ1v) is 6.45. The summed E-state index contributed by atoms with van der Waals surface area (Å²) in [5.74, 6) is 0.578. The van der Waals surface area contributed by atoms with Gasteiger partial charge in [-0.1, -0.05) is 31.7 Å². The van der Waals surface area contributed by atoms with Crippen molar-refractivity contribution in [1.29, 1.82) is 5.26 Å². The average molecular weight is 243 g/mol. The summed E-state index contributed by atoms with van der Waals surface area (Å²) in [6.07, 6.45) is 6.27. The second kappa shape index (κ2) is 6.15. The number of nitriles is 1. The highest BCUT2D eigenvalue weighted by atomic mass is 16.1. The molecule has 1 heterocycles. The Kier molecular flexibility index (Phi) is 4.30. The SMILES string of the molecule is N#Cc1cccc(C(=O)NCCC2CCCC2)n1. The number of nitrogens with one attached hydrogen (secondary N) is 1. The lowest BCUT2D eigenvalue weighted by Gasteiger charge is -2.09. The molecule has 1 amide bonds. The molecule has 18 heavy (non-hydrogen) atoms. The van der Waals surface area contributed by atoms with Gasteiger partial charge in [-0.3, -0.25) is 4.79 Å². The second-order valence-corrected chi connectivity index (χ2v) is 4.71. The fourth-order valence-corrected chi connectivity index (χ4v) is 2.40. The van der Waals surface area contributed by atoms with Gasteiger partial charge in [0.25, 0.3) is 5.91 Å². The van der Waals surface area contributed by atoms with Crippen LogP contribution >= 0.6 is 0 Å². The van der Waals surface area contributed by atoms with E-state index >= 15 is 0 Å². The Hall–Kier alpha value is -1.89. The highest BCUT2D eigenvalue weighted by molar-refractivity contribution is 5.92. The minimum atomic E-state index is -0.190. The van der Waals surface area contributed by atoms with Crippen molar-refractivity contribution < 1.29 is 4.79 Å². The maximum absolute atomic E-state index is 11.8. The fourth-order valence-electron chi connectivity index (χ4n) is 2.40. The van der Waals surface area contributed by atoms with Crippen LogP contribution in [0, 0.1) is 17.2 Å². The van der Waals surface area contributed by atoms with Gasteiger partial charge in [0.05, 0.1) is 0 Å². The average Bonchev–Trinajstić information content (AvgIpc) is 2.92. The Balaban J connectivity index is 1.81. The summed E-state index contributed by atoms with van der Waals surface area (Å²) >= 11 is 0. The highest BCUT2D eigenvalue weighted by Crippen LogP contribution is 2.26. The number of amides is 1. The summed E-state index contributed by atoms with van der Waals surface area (Å²) < 4.78 is 0. The Morgan fingerprint density at radius 1 is 1.44 bits per heavy atom. The largest absolute Gasteiger partial charge is 0.351 e. The number of carbonyl (C=O) groups is 1. The van der Waals surface area contributed by atoms with Gasteiger partial charge in [0.2, 0.25) is 0 Å². The molecule has 1 aliphatic rings. The van der Waals surface area contributed by atoms with Crippen molar-refractivity contribution in [3.63, 3.8) is 0 Å². The Labute approximate surface area is 107 Å². The molecule has 1 saturated carbocycles. The lowest BCUT2D eigenvalue weighted by molar-refractivity contribution is 0.0946. The van der Waals surface area contributed by atoms with Crippen LogP contribution in [0.2, 0.25) is 0 Å². The van der Waals surface area contributed by atoms with Gasteiger partial charge < -0.3 is 5.32 Å². The van der Waals surface area contributed by atoms with E-state index in [0.717, 1.165) is 12.3 Å². The lowest BCUT2D eigenvalue weighted by atomic mass is 10.0. The molecule has 94 valence electrons. The van der Waals surface area contributed by atoms with Crippen molar-refractivity contribution in [2.75, 3.05) is 6.54 Å². The van der Waals surface area contributed by atoms with Crippen LogP contribution in [-0.4, -0.2) is 17.4 Å². The second-order valence-electron chi connectivity index (χ2n) is 4.71. The van der Waals surface area contributed by atoms with Gasteiger partial charge in [0.15, 0.2) is 0 Å². The molecular weight excluding hydrogens is 226 g/mol. The first kappa shape index (κ1) is 12.6. The Morgan fingerprint density at radius 3 is 2.94 bits per heavy atom. The van der Waals surface area contributed by atoms with E-state index in [2.05, 4.69) is 10.3 Å². The van der Waals surface area contributed by atoms with Gasteiger partial charge in [0, 0.05) is 6.54 Å². The molecule has 0 radical (unpaired) electrons. The third kappa shape index (κ3) is 3.30. The van der Waals surface area contributed by atoms with Crippen molar-refractivity contribution >= 4 is 5.91 Å². The molecule has 0 saturated heterocycles. The van der Waals surface area contributed by atoms with Crippen LogP contribution in [0.25, 0.3) is 0 Å². The van der Waals surface area contributed by atoms with E-state index in [4.69, 9.17) is 5.26 Å². The topological polar surface area (TPSA) is 65.8 Å². The van der Waals surface area contributed by atoms with Crippen molar-refractivity contribution in [2.24, 2.45) is 5.92 Å². The van der Waals surface area contributed by atoms with Crippen LogP contribution < -0.4 is 5.32 Å². The zero-order valence-electron chi connectivity index (χ0n) is 10.4. The number of aromatic nitrogens is 1. The number of hydrogen-bond donors (Lipinski definition) is 1. The molecular formula is C14H17N3O. The van der Waals surface area contributed by atoms with Crippen molar-refractivity contribution in [2.45, 2.75) is 32.1 Å². The quantitative estimate of drug-likeness (QED) is 0.882. The van der Waals surface area contributed by atoms with Crippen molar-refractivity contribution in [3.8, 4) is 6.07 Å². The van der Waals surface area contributed by atoms with Gasteiger partial charge in [0.1, 0.15) is 17.5 Å². The van der Waals surface area contributed by atoms with Crippen LogP contribution in [0.4, 0.5) is 0 Å². The van der Waals surface area contributed by atoms with Gasteiger partial charge >= 0.3 is 0 Å². The predicted octanol–water partition coefficient (Wildman–Crippen LogP) is 2.26. The molecule has 0 spiro atoms. The third-order valence-corrected chi connectivity index (χ3v) is 3.41. The van der Waals surface area contributed by atoms with Crippen molar-refractivity contribution in [1.82, 2.24) is 10.3 Å². The summed E-state index contributed by atoms with van der Waals surface area (Å²) in [6.45, 7) is 0.696. The summed E-state index contributed by atoms with van der Waals surface area (Å²) in [6, 6.07) is 6.83. The summed E-state index contributed by atoms with van der Waals surface area (Å²) in [5.41, 5.74) is 0.596. The van der Waals surface area contributed by atoms with E-state index < -0.39 is 0 Å². The maximum Gasteiger partial charge on any atom is 0.269 e. The van der Waals surface area contributed by atoms with E-state index in [-0.39, 0.29) is 11.6 Å². The molecule has 2 rings (SSSR count). The molecule has 0 atom stereocenters. The monoisotopic (exact) mass is 243 g/mol. The van der Waals surface area contributed by atoms with Crippen LogP contribution in [-0.2, 0) is 0 Å². The van der Waals surface area contributed by atoms with Crippen LogP contribution in [0.15, 0.2) is 18.2 Å². The number of rotatable bonds is 4. The highest BCUT2D eigenvalue weighted by Gasteiger charge is 2.15. The molecule has 0 unspecified atom stereocenters. The predicted molar refractivity (Wildman–Crippen MR) is 67.9 cm³/mol. The van der Waals surface area contributed by atoms with Gasteiger partial charge in [-0.15, -0.1) is 0 Å². The van der Waals surface area contributed by atoms with Gasteiger partial charge in [-0.25, -0.2) is 4.98 Å². The molecule has 0 aromatic carbocycles. The Bertz CT molecular complexity index is 458. The maximum atomic E-state index is 11.8. The molecule has 1 aromatic rings. The van der Waals surface area contributed by atoms with E-state index in [1.807, 2.05) is 6.07 Å². The smallest absolute Gasteiger partial charge is 0.269 e. The molecule has 1 fully saturated rings. The minimum Gasteiger partial charge on any atom is -0.351 e.